The zero-order chi connectivity index (χ0) is 62.8. The maximum absolute atomic E-state index is 10.5. The monoisotopic (exact) mass is 725 g/mol. The number of hydrogen-bond acceptors (Lipinski definition) is 2. The third-order valence-corrected chi connectivity index (χ3v) is 13.0. The van der Waals surface area contributed by atoms with Gasteiger partial charge in [0.25, 0.3) is 6.71 Å². The van der Waals surface area contributed by atoms with Gasteiger partial charge in [0.05, 0.1) is 60.6 Å². The summed E-state index contributed by atoms with van der Waals surface area (Å²) in [5.41, 5.74) is -3.92. The van der Waals surface area contributed by atoms with E-state index in [9.17, 15) is 17.8 Å². The van der Waals surface area contributed by atoms with Crippen LogP contribution in [-0.2, 0) is 0 Å². The molecule has 3 nitrogen and oxygen atoms in total. The second kappa shape index (κ2) is 11.7. The van der Waals surface area contributed by atoms with Crippen LogP contribution >= 0.6 is 0 Å². The molecule has 0 unspecified atom stereocenters. The lowest BCUT2D eigenvalue weighted by Gasteiger charge is -2.34. The van der Waals surface area contributed by atoms with E-state index < -0.39 is 296 Å². The second-order valence-electron chi connectivity index (χ2n) is 11.6. The summed E-state index contributed by atoms with van der Waals surface area (Å²) in [6, 6.07) is -35.3. The molecule has 0 radical (unpaired) electrons. The molecule has 0 amide bonds. The van der Waals surface area contributed by atoms with E-state index in [0.717, 1.165) is 0 Å². The Morgan fingerprint density at radius 3 is 1.45 bits per heavy atom. The quantitative estimate of drug-likeness (QED) is 0.143. The molecule has 248 valence electrons. The van der Waals surface area contributed by atoms with E-state index in [2.05, 4.69) is 0 Å². The highest BCUT2D eigenvalue weighted by atomic mass is 28.3. The fraction of sp³-hybridized carbons (Fsp3) is 0. The van der Waals surface area contributed by atoms with E-state index in [1.54, 1.807) is 0 Å². The number of nitrogens with zero attached hydrogens (tertiary/aromatic N) is 1. The molecule has 9 aromatic rings. The van der Waals surface area contributed by atoms with Crippen LogP contribution in [-0.4, -0.2) is 19.4 Å². The van der Waals surface area contributed by atoms with Gasteiger partial charge in [0, 0.05) is 28.3 Å². The Labute approximate surface area is 354 Å². The van der Waals surface area contributed by atoms with Crippen molar-refractivity contribution in [3.63, 3.8) is 0 Å². The molecule has 0 fully saturated rings. The van der Waals surface area contributed by atoms with Crippen molar-refractivity contribution in [3.05, 3.63) is 193 Å². The molecule has 5 heteroatoms. The average molecular weight is 726 g/mol. The number of benzene rings is 8. The summed E-state index contributed by atoms with van der Waals surface area (Å²) >= 11 is 0. The first-order valence-electron chi connectivity index (χ1n) is 31.6. The van der Waals surface area contributed by atoms with Gasteiger partial charge in [-0.1, -0.05) is 157 Å². The zero-order valence-corrected chi connectivity index (χ0v) is 27.3. The SMILES string of the molecule is [2H]c1c([2H])c([2H])c([Si](c2c([2H])c([2H])c([2H])c([2H])c2[2H])(c2c([2H])c([2H])c([2H])c([2H])c2[2H])c2c([2H])c([2H])c3c(c2[2H])c2c([2H])c([2H])c([2H])c([2H])c2n3-c2c([2H])c3c4c(c2[2H])Oc2c([2H])c([2H])c([2H])c([2H])c2B4c2c([2H])c([2H])c([2H])c([2H])c2O3)c([2H])c1[2H]. The summed E-state index contributed by atoms with van der Waals surface area (Å²) in [5.74, 6) is -2.85. The van der Waals surface area contributed by atoms with E-state index in [4.69, 9.17) is 35.5 Å². The van der Waals surface area contributed by atoms with Crippen LogP contribution in [0.4, 0.5) is 0 Å². The molecule has 2 aliphatic rings. The van der Waals surface area contributed by atoms with Crippen molar-refractivity contribution in [2.75, 3.05) is 0 Å². The smallest absolute Gasteiger partial charge is 0.260 e. The van der Waals surface area contributed by atoms with Crippen molar-refractivity contribution >= 4 is 73.7 Å². The van der Waals surface area contributed by atoms with Gasteiger partial charge in [0.15, 0.2) is 8.07 Å². The first-order valence-corrected chi connectivity index (χ1v) is 17.6. The maximum atomic E-state index is 10.5. The van der Waals surface area contributed by atoms with E-state index in [1.807, 2.05) is 0 Å². The summed E-state index contributed by atoms with van der Waals surface area (Å²) in [6.45, 7) is -1.74. The Balaban J connectivity index is 1.43. The normalized spacial score (nSPS) is 21.2. The molecule has 8 aromatic carbocycles. The molecule has 53 heavy (non-hydrogen) atoms. The van der Waals surface area contributed by atoms with Crippen LogP contribution in [0.25, 0.3) is 27.5 Å². The van der Waals surface area contributed by atoms with Gasteiger partial charge in [-0.05, 0) is 55.8 Å². The molecular formula is C48H32BNO2Si. The number of hydrogen-bond donors (Lipinski definition) is 0. The van der Waals surface area contributed by atoms with Crippen LogP contribution < -0.4 is 46.6 Å². The van der Waals surface area contributed by atoms with Crippen LogP contribution in [0.1, 0.15) is 43.9 Å². The zero-order valence-electron chi connectivity index (χ0n) is 58.3. The summed E-state index contributed by atoms with van der Waals surface area (Å²) in [5, 5.41) is -6.44. The first-order chi connectivity index (χ1) is 39.6. The highest BCUT2D eigenvalue weighted by Gasteiger charge is 2.42. The molecule has 0 spiro atoms. The van der Waals surface area contributed by atoms with Crippen molar-refractivity contribution in [3.8, 4) is 28.7 Å². The third kappa shape index (κ3) is 4.41. The molecule has 11 rings (SSSR count). The van der Waals surface area contributed by atoms with Gasteiger partial charge >= 0.3 is 0 Å². The van der Waals surface area contributed by atoms with Gasteiger partial charge in [-0.15, -0.1) is 0 Å². The molecule has 0 saturated heterocycles. The largest absolute Gasteiger partial charge is 0.458 e. The molecule has 3 heterocycles. The van der Waals surface area contributed by atoms with Gasteiger partial charge in [-0.2, -0.15) is 0 Å². The predicted octanol–water partition coefficient (Wildman–Crippen LogP) is 6.89. The lowest BCUT2D eigenvalue weighted by Crippen LogP contribution is -2.74. The molecule has 0 aliphatic carbocycles. The molecule has 2 aliphatic heterocycles. The van der Waals surface area contributed by atoms with E-state index >= 15 is 0 Å². The molecule has 0 saturated carbocycles. The van der Waals surface area contributed by atoms with Gasteiger partial charge in [0.1, 0.15) is 23.0 Å². The van der Waals surface area contributed by atoms with Crippen LogP contribution in [0.2, 0.25) is 0 Å². The Bertz CT molecular complexity index is 4360. The van der Waals surface area contributed by atoms with E-state index in [1.165, 1.54) is 0 Å². The average Bonchev–Trinajstić information content (AvgIpc) is 1.65. The van der Waals surface area contributed by atoms with E-state index in [0.29, 0.717) is 4.57 Å². The van der Waals surface area contributed by atoms with E-state index in [-0.39, 0.29) is 0 Å². The highest BCUT2D eigenvalue weighted by Crippen LogP contribution is 2.39. The van der Waals surface area contributed by atoms with Crippen LogP contribution in [0, 0.1) is 0 Å². The number of aromatic nitrogens is 1. The van der Waals surface area contributed by atoms with Gasteiger partial charge in [-0.3, -0.25) is 0 Å². The topological polar surface area (TPSA) is 23.4 Å². The van der Waals surface area contributed by atoms with Crippen LogP contribution in [0.3, 0.4) is 0 Å². The van der Waals surface area contributed by atoms with Crippen molar-refractivity contribution in [1.82, 2.24) is 4.57 Å². The maximum Gasteiger partial charge on any atom is 0.260 e. The summed E-state index contributed by atoms with van der Waals surface area (Å²) in [6.07, 6.45) is 0. The Morgan fingerprint density at radius 2 is 0.887 bits per heavy atom. The summed E-state index contributed by atoms with van der Waals surface area (Å²) in [4.78, 5) is 0. The number of rotatable bonds is 5. The predicted molar refractivity (Wildman–Crippen MR) is 222 cm³/mol. The molecular weight excluding hydrogens is 661 g/mol. The van der Waals surface area contributed by atoms with Gasteiger partial charge < -0.3 is 14.0 Å². The van der Waals surface area contributed by atoms with Gasteiger partial charge in [0.2, 0.25) is 0 Å². The number of para-hydroxylation sites is 3. The summed E-state index contributed by atoms with van der Waals surface area (Å²) in [7, 11) is -6.47. The highest BCUT2D eigenvalue weighted by molar-refractivity contribution is 7.20. The number of ether oxygens (including phenoxy) is 2. The molecule has 1 aromatic heterocycles. The van der Waals surface area contributed by atoms with Crippen molar-refractivity contribution < 1.29 is 53.3 Å². The summed E-state index contributed by atoms with van der Waals surface area (Å²) < 4.78 is 308. The Hall–Kier alpha value is -6.56. The minimum atomic E-state index is -6.47. The van der Waals surface area contributed by atoms with Crippen molar-refractivity contribution in [2.24, 2.45) is 0 Å². The van der Waals surface area contributed by atoms with Gasteiger partial charge in [-0.25, -0.2) is 0 Å². The Kier molecular flexibility index (Phi) is 2.72. The molecule has 0 bridgehead atoms. The fourth-order valence-corrected chi connectivity index (χ4v) is 10.4. The minimum Gasteiger partial charge on any atom is -0.458 e. The standard InChI is InChI=1S/C48H32BNO2Si/c1-4-16-34(17-5-1)53(35-18-6-2-7-19-35,36-20-8-3-9-21-36)37-28-29-43-39(32-37)38-22-10-13-25-42(38)50(43)33-30-46-48-47(31-33)52-45-27-15-12-24-41(45)49(48)40-23-11-14-26-44(40)51-46/h1-32H/i1D,2D,3D,4D,5D,6D,7D,8D,9D,10D,11D,12D,13D,14D,15D,16D,17D,18D,19D,20D,21D,22D,23D,24D,25D,26D,27D,28D,29D,30D,31D,32D. The molecule has 0 N–H and O–H groups in total. The van der Waals surface area contributed by atoms with Crippen LogP contribution in [0.5, 0.6) is 23.0 Å². The number of fused-ring (bicyclic) bond motifs is 7. The van der Waals surface area contributed by atoms with Crippen LogP contribution in [0.15, 0.2) is 193 Å². The Morgan fingerprint density at radius 1 is 0.415 bits per heavy atom. The minimum absolute atomic E-state index is 0.418. The third-order valence-electron chi connectivity index (χ3n) is 8.97. The lowest BCUT2D eigenvalue weighted by atomic mass is 9.35. The first kappa shape index (κ1) is 12.3. The fourth-order valence-electron chi connectivity index (χ4n) is 6.83. The second-order valence-corrected chi connectivity index (χ2v) is 15.1. The van der Waals surface area contributed by atoms with Crippen molar-refractivity contribution in [2.45, 2.75) is 0 Å². The lowest BCUT2D eigenvalue weighted by molar-refractivity contribution is 0.464. The molecule has 0 atom stereocenters. The van der Waals surface area contributed by atoms with Crippen molar-refractivity contribution in [1.29, 1.82) is 0 Å².